The van der Waals surface area contributed by atoms with Crippen LogP contribution in [0.4, 0.5) is 4.39 Å². The molecule has 0 aliphatic carbocycles. The number of H-pyrrole nitrogens is 1. The third kappa shape index (κ3) is 1.96. The van der Waals surface area contributed by atoms with E-state index >= 15 is 0 Å². The summed E-state index contributed by atoms with van der Waals surface area (Å²) in [6.07, 6.45) is 0. The number of nitrogens with zero attached hydrogens (tertiary/aromatic N) is 1. The van der Waals surface area contributed by atoms with Gasteiger partial charge >= 0.3 is 0 Å². The van der Waals surface area contributed by atoms with Gasteiger partial charge in [0.05, 0.1) is 16.6 Å². The molecule has 0 atom stereocenters. The minimum atomic E-state index is -0.338. The summed E-state index contributed by atoms with van der Waals surface area (Å²) >= 11 is 5.26. The van der Waals surface area contributed by atoms with E-state index in [2.05, 4.69) is 4.98 Å². The predicted molar refractivity (Wildman–Crippen MR) is 79.4 cm³/mol. The third-order valence-electron chi connectivity index (χ3n) is 3.20. The van der Waals surface area contributed by atoms with Gasteiger partial charge in [0.25, 0.3) is 5.56 Å². The molecule has 0 saturated heterocycles. The molecule has 3 rings (SSSR count). The molecule has 0 amide bonds. The topological polar surface area (TPSA) is 37.8 Å². The molecule has 0 bridgehead atoms. The summed E-state index contributed by atoms with van der Waals surface area (Å²) < 4.78 is 14.9. The fourth-order valence-corrected chi connectivity index (χ4v) is 2.54. The Morgan fingerprint density at radius 3 is 2.70 bits per heavy atom. The SMILES string of the molecule is Cc1cc(F)ccc1-n1c(=S)[nH]c2ccccc2c1=O. The molecule has 3 nitrogen and oxygen atoms in total. The summed E-state index contributed by atoms with van der Waals surface area (Å²) in [5, 5.41) is 0.546. The first-order valence-corrected chi connectivity index (χ1v) is 6.49. The molecule has 5 heteroatoms. The molecule has 0 aliphatic heterocycles. The zero-order valence-electron chi connectivity index (χ0n) is 10.7. The minimum Gasteiger partial charge on any atom is -0.331 e. The lowest BCUT2D eigenvalue weighted by Crippen LogP contribution is -2.21. The Morgan fingerprint density at radius 2 is 1.95 bits per heavy atom. The van der Waals surface area contributed by atoms with Gasteiger partial charge in [0.2, 0.25) is 0 Å². The van der Waals surface area contributed by atoms with Gasteiger partial charge in [0, 0.05) is 0 Å². The van der Waals surface area contributed by atoms with Crippen molar-refractivity contribution in [1.82, 2.24) is 9.55 Å². The van der Waals surface area contributed by atoms with Crippen molar-refractivity contribution in [1.29, 1.82) is 0 Å². The number of nitrogens with one attached hydrogen (secondary N) is 1. The van der Waals surface area contributed by atoms with Gasteiger partial charge in [0.1, 0.15) is 5.82 Å². The van der Waals surface area contributed by atoms with E-state index in [1.165, 1.54) is 16.7 Å². The molecular formula is C15H11FN2OS. The first-order chi connectivity index (χ1) is 9.58. The van der Waals surface area contributed by atoms with Crippen LogP contribution in [0, 0.1) is 17.5 Å². The summed E-state index contributed by atoms with van der Waals surface area (Å²) in [7, 11) is 0. The van der Waals surface area contributed by atoms with Gasteiger partial charge < -0.3 is 4.98 Å². The van der Waals surface area contributed by atoms with Crippen molar-refractivity contribution < 1.29 is 4.39 Å². The summed E-state index contributed by atoms with van der Waals surface area (Å²) in [4.78, 5) is 15.6. The lowest BCUT2D eigenvalue weighted by molar-refractivity contribution is 0.626. The Kier molecular flexibility index (Phi) is 2.99. The van der Waals surface area contributed by atoms with Gasteiger partial charge in [0.15, 0.2) is 4.77 Å². The molecule has 1 heterocycles. The number of hydrogen-bond donors (Lipinski definition) is 1. The van der Waals surface area contributed by atoms with Crippen LogP contribution in [0.3, 0.4) is 0 Å². The lowest BCUT2D eigenvalue weighted by Gasteiger charge is -2.10. The monoisotopic (exact) mass is 286 g/mol. The maximum atomic E-state index is 13.2. The van der Waals surface area contributed by atoms with Crippen molar-refractivity contribution in [2.45, 2.75) is 6.92 Å². The second-order valence-corrected chi connectivity index (χ2v) is 4.93. The summed E-state index contributed by atoms with van der Waals surface area (Å²) in [6.45, 7) is 1.74. The van der Waals surface area contributed by atoms with Crippen molar-refractivity contribution in [2.75, 3.05) is 0 Å². The number of aryl methyl sites for hydroxylation is 1. The minimum absolute atomic E-state index is 0.209. The molecule has 0 saturated carbocycles. The van der Waals surface area contributed by atoms with Crippen LogP contribution in [0.5, 0.6) is 0 Å². The Labute approximate surface area is 119 Å². The van der Waals surface area contributed by atoms with E-state index < -0.39 is 0 Å². The molecule has 0 fully saturated rings. The first-order valence-electron chi connectivity index (χ1n) is 6.08. The van der Waals surface area contributed by atoms with Crippen LogP contribution >= 0.6 is 12.2 Å². The zero-order valence-corrected chi connectivity index (χ0v) is 11.5. The van der Waals surface area contributed by atoms with E-state index in [1.54, 1.807) is 31.2 Å². The maximum Gasteiger partial charge on any atom is 0.266 e. The number of hydrogen-bond acceptors (Lipinski definition) is 2. The van der Waals surface area contributed by atoms with E-state index in [1.807, 2.05) is 6.07 Å². The fraction of sp³-hybridized carbons (Fsp3) is 0.0667. The highest BCUT2D eigenvalue weighted by Gasteiger charge is 2.09. The van der Waals surface area contributed by atoms with Crippen LogP contribution in [-0.2, 0) is 0 Å². The fourth-order valence-electron chi connectivity index (χ4n) is 2.25. The van der Waals surface area contributed by atoms with E-state index in [4.69, 9.17) is 12.2 Å². The van der Waals surface area contributed by atoms with Gasteiger partial charge in [-0.15, -0.1) is 0 Å². The maximum absolute atomic E-state index is 13.2. The summed E-state index contributed by atoms with van der Waals surface area (Å²) in [5.74, 6) is -0.338. The third-order valence-corrected chi connectivity index (χ3v) is 3.49. The number of aromatic amines is 1. The molecule has 20 heavy (non-hydrogen) atoms. The average Bonchev–Trinajstić information content (AvgIpc) is 2.41. The zero-order chi connectivity index (χ0) is 14.3. The molecule has 1 N–H and O–H groups in total. The smallest absolute Gasteiger partial charge is 0.266 e. The van der Waals surface area contributed by atoms with Crippen LogP contribution in [0.2, 0.25) is 0 Å². The second-order valence-electron chi connectivity index (χ2n) is 4.55. The highest BCUT2D eigenvalue weighted by Crippen LogP contribution is 2.15. The standard InChI is InChI=1S/C15H11FN2OS/c1-9-8-10(16)6-7-13(9)18-14(19)11-4-2-3-5-12(11)17-15(18)20/h2-8H,1H3,(H,17,20). The second kappa shape index (κ2) is 4.68. The largest absolute Gasteiger partial charge is 0.331 e. The molecule has 0 radical (unpaired) electrons. The number of aromatic nitrogens is 2. The van der Waals surface area contributed by atoms with Crippen molar-refractivity contribution in [3.8, 4) is 5.69 Å². The average molecular weight is 286 g/mol. The molecule has 3 aromatic rings. The summed E-state index contributed by atoms with van der Waals surface area (Å²) in [6, 6.07) is 11.4. The van der Waals surface area contributed by atoms with Crippen LogP contribution in [0.1, 0.15) is 5.56 Å². The van der Waals surface area contributed by atoms with Crippen LogP contribution in [0.25, 0.3) is 16.6 Å². The van der Waals surface area contributed by atoms with Crippen molar-refractivity contribution in [3.05, 3.63) is 69.0 Å². The Balaban J connectivity index is 2.43. The van der Waals surface area contributed by atoms with E-state index in [0.717, 1.165) is 0 Å². The van der Waals surface area contributed by atoms with Crippen molar-refractivity contribution in [2.24, 2.45) is 0 Å². The van der Waals surface area contributed by atoms with Gasteiger partial charge in [-0.1, -0.05) is 12.1 Å². The van der Waals surface area contributed by atoms with Crippen molar-refractivity contribution in [3.63, 3.8) is 0 Å². The normalized spacial score (nSPS) is 10.9. The van der Waals surface area contributed by atoms with Crippen LogP contribution in [-0.4, -0.2) is 9.55 Å². The highest BCUT2D eigenvalue weighted by atomic mass is 32.1. The van der Waals surface area contributed by atoms with Gasteiger partial charge in [-0.05, 0) is 55.0 Å². The molecule has 0 unspecified atom stereocenters. The van der Waals surface area contributed by atoms with Gasteiger partial charge in [-0.3, -0.25) is 9.36 Å². The summed E-state index contributed by atoms with van der Waals surface area (Å²) in [5.41, 5.74) is 1.72. The number of fused-ring (bicyclic) bond motifs is 1. The van der Waals surface area contributed by atoms with E-state index in [0.29, 0.717) is 26.9 Å². The Hall–Kier alpha value is -2.27. The van der Waals surface area contributed by atoms with Gasteiger partial charge in [-0.2, -0.15) is 0 Å². The molecular weight excluding hydrogens is 275 g/mol. The quantitative estimate of drug-likeness (QED) is 0.695. The van der Waals surface area contributed by atoms with Gasteiger partial charge in [-0.25, -0.2) is 4.39 Å². The Morgan fingerprint density at radius 1 is 1.20 bits per heavy atom. The Bertz CT molecular complexity index is 927. The van der Waals surface area contributed by atoms with Crippen LogP contribution in [0.15, 0.2) is 47.3 Å². The molecule has 100 valence electrons. The first kappa shape index (κ1) is 12.7. The number of rotatable bonds is 1. The number of halogens is 1. The molecule has 2 aromatic carbocycles. The lowest BCUT2D eigenvalue weighted by atomic mass is 10.2. The van der Waals surface area contributed by atoms with E-state index in [9.17, 15) is 9.18 Å². The molecule has 0 aliphatic rings. The number of benzene rings is 2. The van der Waals surface area contributed by atoms with Crippen molar-refractivity contribution >= 4 is 23.1 Å². The highest BCUT2D eigenvalue weighted by molar-refractivity contribution is 7.71. The van der Waals surface area contributed by atoms with E-state index in [-0.39, 0.29) is 11.4 Å². The molecule has 0 spiro atoms. The van der Waals surface area contributed by atoms with Crippen LogP contribution < -0.4 is 5.56 Å². The molecule has 1 aromatic heterocycles. The predicted octanol–water partition coefficient (Wildman–Crippen LogP) is 3.50. The number of para-hydroxylation sites is 1.